The van der Waals surface area contributed by atoms with Crippen molar-refractivity contribution in [2.75, 3.05) is 0 Å². The van der Waals surface area contributed by atoms with Crippen molar-refractivity contribution in [2.45, 2.75) is 25.9 Å². The third-order valence-corrected chi connectivity index (χ3v) is 2.15. The first-order chi connectivity index (χ1) is 7.49. The number of nitrogens with one attached hydrogen (secondary N) is 4. The third-order valence-electron chi connectivity index (χ3n) is 1.71. The van der Waals surface area contributed by atoms with E-state index in [2.05, 4.69) is 34.6 Å². The molecule has 0 unspecified atom stereocenters. The van der Waals surface area contributed by atoms with Crippen LogP contribution in [0, 0.1) is 0 Å². The van der Waals surface area contributed by atoms with Crippen molar-refractivity contribution in [3.05, 3.63) is 25.3 Å². The van der Waals surface area contributed by atoms with Crippen molar-refractivity contribution in [1.82, 2.24) is 21.5 Å². The van der Waals surface area contributed by atoms with Crippen molar-refractivity contribution in [3.8, 4) is 0 Å². The average Bonchev–Trinajstić information content (AvgIpc) is 2.26. The van der Waals surface area contributed by atoms with Crippen LogP contribution in [0.25, 0.3) is 0 Å². The molecule has 0 aliphatic heterocycles. The van der Waals surface area contributed by atoms with Gasteiger partial charge in [0.05, 0.1) is 0 Å². The second kappa shape index (κ2) is 8.06. The molecule has 4 N–H and O–H groups in total. The Bertz CT molecular complexity index is 250. The molecule has 2 atom stereocenters. The Morgan fingerprint density at radius 2 is 1.25 bits per heavy atom. The molecule has 0 aromatic carbocycles. The lowest BCUT2D eigenvalue weighted by molar-refractivity contribution is 0.726. The fourth-order valence-corrected chi connectivity index (χ4v) is 1.19. The van der Waals surface area contributed by atoms with Crippen LogP contribution in [0.4, 0.5) is 0 Å². The standard InChI is InChI=1S/C10H18N4S2/c1-5-7(3)11-9(15)13-14-10(16)12-8(4)6-2/h5-8H,1-2H2,3-4H3,(H2,11,13,15)(H2,12,14,16)/t7-,8+. The van der Waals surface area contributed by atoms with Crippen LogP contribution in [0.1, 0.15) is 13.8 Å². The summed E-state index contributed by atoms with van der Waals surface area (Å²) in [4.78, 5) is 0. The predicted octanol–water partition coefficient (Wildman–Crippen LogP) is 0.979. The number of hydrazine groups is 1. The minimum absolute atomic E-state index is 0.107. The molecule has 0 saturated carbocycles. The van der Waals surface area contributed by atoms with Gasteiger partial charge in [0.15, 0.2) is 10.2 Å². The van der Waals surface area contributed by atoms with Crippen LogP contribution < -0.4 is 21.5 Å². The Kier molecular flexibility index (Phi) is 7.49. The molecule has 6 heteroatoms. The van der Waals surface area contributed by atoms with Crippen LogP contribution in [0.15, 0.2) is 25.3 Å². The van der Waals surface area contributed by atoms with Crippen LogP contribution in [0.5, 0.6) is 0 Å². The predicted molar refractivity (Wildman–Crippen MR) is 77.1 cm³/mol. The van der Waals surface area contributed by atoms with E-state index in [0.717, 1.165) is 0 Å². The maximum atomic E-state index is 5.02. The number of rotatable bonds is 4. The molecule has 0 aromatic rings. The van der Waals surface area contributed by atoms with Gasteiger partial charge in [-0.15, -0.1) is 13.2 Å². The molecule has 0 fully saturated rings. The molecule has 0 aliphatic carbocycles. The van der Waals surface area contributed by atoms with E-state index in [-0.39, 0.29) is 12.1 Å². The van der Waals surface area contributed by atoms with E-state index in [0.29, 0.717) is 10.2 Å². The molecule has 0 saturated heterocycles. The van der Waals surface area contributed by atoms with Crippen LogP contribution >= 0.6 is 24.4 Å². The molecule has 0 aliphatic rings. The molecule has 0 aromatic heterocycles. The van der Waals surface area contributed by atoms with Gasteiger partial charge in [-0.2, -0.15) is 0 Å². The zero-order valence-electron chi connectivity index (χ0n) is 9.54. The summed E-state index contributed by atoms with van der Waals surface area (Å²) in [6.07, 6.45) is 3.51. The molecule has 16 heavy (non-hydrogen) atoms. The van der Waals surface area contributed by atoms with Crippen LogP contribution in [0.2, 0.25) is 0 Å². The second-order valence-corrected chi connectivity index (χ2v) is 4.06. The Morgan fingerprint density at radius 3 is 1.50 bits per heavy atom. The van der Waals surface area contributed by atoms with Gasteiger partial charge in [0, 0.05) is 12.1 Å². The summed E-state index contributed by atoms with van der Waals surface area (Å²) in [6.45, 7) is 11.2. The molecule has 0 rings (SSSR count). The molecule has 0 amide bonds. The molecule has 4 nitrogen and oxygen atoms in total. The summed E-state index contributed by atoms with van der Waals surface area (Å²) in [6, 6.07) is 0.214. The highest BCUT2D eigenvalue weighted by Crippen LogP contribution is 1.82. The van der Waals surface area contributed by atoms with Crippen LogP contribution in [0.3, 0.4) is 0 Å². The van der Waals surface area contributed by atoms with E-state index in [4.69, 9.17) is 24.4 Å². The molecular weight excluding hydrogens is 240 g/mol. The number of hydrogen-bond acceptors (Lipinski definition) is 2. The van der Waals surface area contributed by atoms with Crippen LogP contribution in [-0.2, 0) is 0 Å². The third kappa shape index (κ3) is 7.19. The Labute approximate surface area is 108 Å². The van der Waals surface area contributed by atoms with E-state index in [1.807, 2.05) is 13.8 Å². The van der Waals surface area contributed by atoms with E-state index in [9.17, 15) is 0 Å². The first-order valence-electron chi connectivity index (χ1n) is 4.87. The quantitative estimate of drug-likeness (QED) is 0.343. The average molecular weight is 258 g/mol. The summed E-state index contributed by atoms with van der Waals surface area (Å²) >= 11 is 10.0. The van der Waals surface area contributed by atoms with Crippen molar-refractivity contribution in [1.29, 1.82) is 0 Å². The monoisotopic (exact) mass is 258 g/mol. The fourth-order valence-electron chi connectivity index (χ4n) is 0.717. The van der Waals surface area contributed by atoms with Crippen molar-refractivity contribution >= 4 is 34.7 Å². The summed E-state index contributed by atoms with van der Waals surface area (Å²) in [5.74, 6) is 0. The normalized spacial score (nSPS) is 12.9. The first-order valence-corrected chi connectivity index (χ1v) is 5.69. The molecule has 0 bridgehead atoms. The van der Waals surface area contributed by atoms with E-state index >= 15 is 0 Å². The van der Waals surface area contributed by atoms with Crippen molar-refractivity contribution in [2.24, 2.45) is 0 Å². The number of thiocarbonyl (C=S) groups is 2. The zero-order valence-corrected chi connectivity index (χ0v) is 11.2. The van der Waals surface area contributed by atoms with E-state index in [1.165, 1.54) is 0 Å². The topological polar surface area (TPSA) is 48.1 Å². The second-order valence-electron chi connectivity index (χ2n) is 3.25. The van der Waals surface area contributed by atoms with Gasteiger partial charge >= 0.3 is 0 Å². The summed E-state index contributed by atoms with van der Waals surface area (Å²) < 4.78 is 0. The molecule has 0 radical (unpaired) electrons. The lowest BCUT2D eigenvalue weighted by atomic mass is 10.3. The van der Waals surface area contributed by atoms with Gasteiger partial charge in [-0.05, 0) is 38.3 Å². The van der Waals surface area contributed by atoms with Gasteiger partial charge in [0.25, 0.3) is 0 Å². The summed E-state index contributed by atoms with van der Waals surface area (Å²) in [5, 5.41) is 6.89. The van der Waals surface area contributed by atoms with Gasteiger partial charge < -0.3 is 10.6 Å². The maximum Gasteiger partial charge on any atom is 0.185 e. The largest absolute Gasteiger partial charge is 0.355 e. The van der Waals surface area contributed by atoms with Crippen molar-refractivity contribution < 1.29 is 0 Å². The highest BCUT2D eigenvalue weighted by molar-refractivity contribution is 7.80. The summed E-state index contributed by atoms with van der Waals surface area (Å²) in [5.41, 5.74) is 5.52. The SMILES string of the molecule is C=C[C@@H](C)NC(=S)NNC(=S)N[C@@H](C)C=C. The Hall–Kier alpha value is -1.14. The highest BCUT2D eigenvalue weighted by atomic mass is 32.1. The lowest BCUT2D eigenvalue weighted by Crippen LogP contribution is -2.52. The van der Waals surface area contributed by atoms with Gasteiger partial charge in [-0.3, -0.25) is 10.9 Å². The minimum atomic E-state index is 0.107. The molecule has 0 heterocycles. The molecule has 0 spiro atoms. The Morgan fingerprint density at radius 1 is 0.938 bits per heavy atom. The van der Waals surface area contributed by atoms with Gasteiger partial charge in [-0.25, -0.2) is 0 Å². The zero-order chi connectivity index (χ0) is 12.6. The summed E-state index contributed by atoms with van der Waals surface area (Å²) in [7, 11) is 0. The maximum absolute atomic E-state index is 5.02. The molecular formula is C10H18N4S2. The highest BCUT2D eigenvalue weighted by Gasteiger charge is 2.01. The number of hydrogen-bond donors (Lipinski definition) is 4. The van der Waals surface area contributed by atoms with Gasteiger partial charge in [0.2, 0.25) is 0 Å². The fraction of sp³-hybridized carbons (Fsp3) is 0.400. The lowest BCUT2D eigenvalue weighted by Gasteiger charge is -2.17. The first kappa shape index (κ1) is 14.9. The van der Waals surface area contributed by atoms with E-state index in [1.54, 1.807) is 12.2 Å². The Balaban J connectivity index is 3.79. The smallest absolute Gasteiger partial charge is 0.185 e. The van der Waals surface area contributed by atoms with Gasteiger partial charge in [0.1, 0.15) is 0 Å². The molecule has 90 valence electrons. The van der Waals surface area contributed by atoms with E-state index < -0.39 is 0 Å². The van der Waals surface area contributed by atoms with Gasteiger partial charge in [-0.1, -0.05) is 12.2 Å². The van der Waals surface area contributed by atoms with Crippen LogP contribution in [-0.4, -0.2) is 22.3 Å². The minimum Gasteiger partial charge on any atom is -0.355 e. The van der Waals surface area contributed by atoms with Crippen molar-refractivity contribution in [3.63, 3.8) is 0 Å².